The largest absolute Gasteiger partial charge is 0.491 e. The molecule has 1 N–H and O–H groups in total. The molecule has 0 saturated carbocycles. The van der Waals surface area contributed by atoms with Crippen LogP contribution in [0.15, 0.2) is 53.4 Å². The maximum Gasteiger partial charge on any atom is 0.256 e. The number of carbonyl (C=O) groups is 1. The highest BCUT2D eigenvalue weighted by atomic mass is 32.2. The number of hydrogen-bond acceptors (Lipinski definition) is 3. The number of thioether (sulfide) groups is 1. The van der Waals surface area contributed by atoms with Gasteiger partial charge < -0.3 is 10.1 Å². The number of rotatable bonds is 6. The van der Waals surface area contributed by atoms with Crippen LogP contribution in [0.25, 0.3) is 0 Å². The Hall–Kier alpha value is -1.94. The highest BCUT2D eigenvalue weighted by molar-refractivity contribution is 7.99. The molecule has 0 saturated heterocycles. The summed E-state index contributed by atoms with van der Waals surface area (Å²) in [7, 11) is 0. The van der Waals surface area contributed by atoms with E-state index in [4.69, 9.17) is 4.74 Å². The SMILES string of the molecule is CCSc1ccccc1C(=O)Nc1ccc(OC(C)C)cc1. The summed E-state index contributed by atoms with van der Waals surface area (Å²) in [6.45, 7) is 6.04. The molecular formula is C18H21NO2S. The molecule has 0 atom stereocenters. The zero-order valence-corrected chi connectivity index (χ0v) is 13.9. The fraction of sp³-hybridized carbons (Fsp3) is 0.278. The molecule has 116 valence electrons. The maximum atomic E-state index is 12.4. The van der Waals surface area contributed by atoms with Gasteiger partial charge in [0.15, 0.2) is 0 Å². The third-order valence-corrected chi connectivity index (χ3v) is 3.87. The lowest BCUT2D eigenvalue weighted by atomic mass is 10.2. The number of benzene rings is 2. The lowest BCUT2D eigenvalue weighted by Crippen LogP contribution is -2.13. The Morgan fingerprint density at radius 2 is 1.82 bits per heavy atom. The molecule has 0 aliphatic heterocycles. The molecule has 0 aliphatic carbocycles. The van der Waals surface area contributed by atoms with Crippen LogP contribution in [-0.4, -0.2) is 17.8 Å². The zero-order valence-electron chi connectivity index (χ0n) is 13.1. The van der Waals surface area contributed by atoms with Gasteiger partial charge >= 0.3 is 0 Å². The van der Waals surface area contributed by atoms with Crippen LogP contribution in [0.1, 0.15) is 31.1 Å². The molecule has 0 aromatic heterocycles. The summed E-state index contributed by atoms with van der Waals surface area (Å²) in [6, 6.07) is 15.1. The summed E-state index contributed by atoms with van der Waals surface area (Å²) in [5.74, 6) is 1.65. The quantitative estimate of drug-likeness (QED) is 0.775. The molecule has 0 fully saturated rings. The van der Waals surface area contributed by atoms with Gasteiger partial charge in [0, 0.05) is 10.6 Å². The highest BCUT2D eigenvalue weighted by Crippen LogP contribution is 2.24. The van der Waals surface area contributed by atoms with Crippen molar-refractivity contribution < 1.29 is 9.53 Å². The number of hydrogen-bond donors (Lipinski definition) is 1. The summed E-state index contributed by atoms with van der Waals surface area (Å²) < 4.78 is 5.59. The fourth-order valence-electron chi connectivity index (χ4n) is 2.02. The lowest BCUT2D eigenvalue weighted by Gasteiger charge is -2.11. The molecule has 3 nitrogen and oxygen atoms in total. The van der Waals surface area contributed by atoms with Crippen LogP contribution in [0.2, 0.25) is 0 Å². The van der Waals surface area contributed by atoms with E-state index in [2.05, 4.69) is 12.2 Å². The second-order valence-corrected chi connectivity index (χ2v) is 6.38. The van der Waals surface area contributed by atoms with Gasteiger partial charge in [0.05, 0.1) is 11.7 Å². The molecule has 22 heavy (non-hydrogen) atoms. The number of carbonyl (C=O) groups excluding carboxylic acids is 1. The molecule has 0 aliphatic rings. The van der Waals surface area contributed by atoms with Gasteiger partial charge in [-0.3, -0.25) is 4.79 Å². The molecule has 0 spiro atoms. The second-order valence-electron chi connectivity index (χ2n) is 5.07. The molecule has 0 bridgehead atoms. The molecule has 0 heterocycles. The summed E-state index contributed by atoms with van der Waals surface area (Å²) in [6.07, 6.45) is 0.137. The van der Waals surface area contributed by atoms with E-state index < -0.39 is 0 Å². The van der Waals surface area contributed by atoms with Crippen LogP contribution < -0.4 is 10.1 Å². The summed E-state index contributed by atoms with van der Waals surface area (Å²) in [4.78, 5) is 13.4. The molecule has 1 amide bonds. The minimum atomic E-state index is -0.0888. The van der Waals surface area contributed by atoms with Crippen LogP contribution in [-0.2, 0) is 0 Å². The van der Waals surface area contributed by atoms with E-state index in [1.807, 2.05) is 62.4 Å². The van der Waals surface area contributed by atoms with Gasteiger partial charge in [0.25, 0.3) is 5.91 Å². The Morgan fingerprint density at radius 1 is 1.14 bits per heavy atom. The fourth-order valence-corrected chi connectivity index (χ4v) is 2.83. The Bertz CT molecular complexity index is 623. The molecule has 2 aromatic rings. The van der Waals surface area contributed by atoms with Crippen molar-refractivity contribution in [1.82, 2.24) is 0 Å². The van der Waals surface area contributed by atoms with Gasteiger partial charge in [0.1, 0.15) is 5.75 Å². The number of anilines is 1. The molecule has 2 aromatic carbocycles. The molecule has 2 rings (SSSR count). The average Bonchev–Trinajstić information content (AvgIpc) is 2.49. The highest BCUT2D eigenvalue weighted by Gasteiger charge is 2.11. The average molecular weight is 315 g/mol. The van der Waals surface area contributed by atoms with Crippen molar-refractivity contribution in [2.75, 3.05) is 11.1 Å². The van der Waals surface area contributed by atoms with E-state index in [9.17, 15) is 4.79 Å². The van der Waals surface area contributed by atoms with Gasteiger partial charge in [-0.1, -0.05) is 19.1 Å². The monoisotopic (exact) mass is 315 g/mol. The topological polar surface area (TPSA) is 38.3 Å². The van der Waals surface area contributed by atoms with Crippen molar-refractivity contribution in [3.63, 3.8) is 0 Å². The predicted molar refractivity (Wildman–Crippen MR) is 93.0 cm³/mol. The summed E-state index contributed by atoms with van der Waals surface area (Å²) in [5, 5.41) is 2.93. The van der Waals surface area contributed by atoms with Crippen molar-refractivity contribution in [3.05, 3.63) is 54.1 Å². The van der Waals surface area contributed by atoms with Crippen molar-refractivity contribution in [2.45, 2.75) is 31.8 Å². The van der Waals surface area contributed by atoms with Crippen LogP contribution >= 0.6 is 11.8 Å². The standard InChI is InChI=1S/C18H21NO2S/c1-4-22-17-8-6-5-7-16(17)18(20)19-14-9-11-15(12-10-14)21-13(2)3/h5-13H,4H2,1-3H3,(H,19,20). The molecule has 4 heteroatoms. The van der Waals surface area contributed by atoms with E-state index in [-0.39, 0.29) is 12.0 Å². The first-order valence-corrected chi connectivity index (χ1v) is 8.38. The first-order chi connectivity index (χ1) is 10.6. The molecule has 0 radical (unpaired) electrons. The van der Waals surface area contributed by atoms with Crippen molar-refractivity contribution >= 4 is 23.4 Å². The predicted octanol–water partition coefficient (Wildman–Crippen LogP) is 4.84. The Labute approximate surface area is 136 Å². The molecule has 0 unspecified atom stereocenters. The zero-order chi connectivity index (χ0) is 15.9. The van der Waals surface area contributed by atoms with E-state index >= 15 is 0 Å². The second kappa shape index (κ2) is 7.90. The van der Waals surface area contributed by atoms with Crippen LogP contribution in [0.5, 0.6) is 5.75 Å². The first kappa shape index (κ1) is 16.4. The van der Waals surface area contributed by atoms with Crippen LogP contribution in [0.3, 0.4) is 0 Å². The Morgan fingerprint density at radius 3 is 2.45 bits per heavy atom. The Kier molecular flexibility index (Phi) is 5.90. The third-order valence-electron chi connectivity index (χ3n) is 2.92. The minimum Gasteiger partial charge on any atom is -0.491 e. The number of amides is 1. The lowest BCUT2D eigenvalue weighted by molar-refractivity contribution is 0.102. The summed E-state index contributed by atoms with van der Waals surface area (Å²) >= 11 is 1.67. The normalized spacial score (nSPS) is 10.5. The van der Waals surface area contributed by atoms with Gasteiger partial charge in [-0.15, -0.1) is 11.8 Å². The Balaban J connectivity index is 2.09. The van der Waals surface area contributed by atoms with Crippen LogP contribution in [0.4, 0.5) is 5.69 Å². The number of nitrogens with one attached hydrogen (secondary N) is 1. The van der Waals surface area contributed by atoms with Gasteiger partial charge in [-0.05, 0) is 56.0 Å². The van der Waals surface area contributed by atoms with Crippen LogP contribution in [0, 0.1) is 0 Å². The van der Waals surface area contributed by atoms with Gasteiger partial charge in [0.2, 0.25) is 0 Å². The van der Waals surface area contributed by atoms with Crippen molar-refractivity contribution in [2.24, 2.45) is 0 Å². The van der Waals surface area contributed by atoms with Crippen molar-refractivity contribution in [1.29, 1.82) is 0 Å². The van der Waals surface area contributed by atoms with E-state index in [1.165, 1.54) is 0 Å². The number of ether oxygens (including phenoxy) is 1. The van der Waals surface area contributed by atoms with E-state index in [1.54, 1.807) is 11.8 Å². The summed E-state index contributed by atoms with van der Waals surface area (Å²) in [5.41, 5.74) is 1.47. The van der Waals surface area contributed by atoms with E-state index in [0.717, 1.165) is 22.1 Å². The molecular weight excluding hydrogens is 294 g/mol. The van der Waals surface area contributed by atoms with Crippen molar-refractivity contribution in [3.8, 4) is 5.75 Å². The minimum absolute atomic E-state index is 0.0888. The van der Waals surface area contributed by atoms with E-state index in [0.29, 0.717) is 5.56 Å². The maximum absolute atomic E-state index is 12.4. The third kappa shape index (κ3) is 4.53. The van der Waals surface area contributed by atoms with Gasteiger partial charge in [-0.25, -0.2) is 0 Å². The first-order valence-electron chi connectivity index (χ1n) is 7.40. The van der Waals surface area contributed by atoms with Gasteiger partial charge in [-0.2, -0.15) is 0 Å². The smallest absolute Gasteiger partial charge is 0.256 e.